The first kappa shape index (κ1) is 26.0. The summed E-state index contributed by atoms with van der Waals surface area (Å²) in [6.07, 6.45) is 1.02. The number of carbonyl (C=O) groups excluding carboxylic acids is 3. The van der Waals surface area contributed by atoms with Crippen LogP contribution in [0.2, 0.25) is 0 Å². The third kappa shape index (κ3) is 4.71. The molecule has 1 amide bonds. The number of hydrazone groups is 1. The molecule has 1 atom stereocenters. The Balaban J connectivity index is 1.40. The first-order valence-corrected chi connectivity index (χ1v) is 12.4. The van der Waals surface area contributed by atoms with Crippen LogP contribution in [0, 0.1) is 5.92 Å². The summed E-state index contributed by atoms with van der Waals surface area (Å²) in [6.45, 7) is 2.96. The maximum atomic E-state index is 14.1. The molecule has 1 aromatic heterocycles. The fourth-order valence-corrected chi connectivity index (χ4v) is 4.75. The lowest BCUT2D eigenvalue weighted by Gasteiger charge is -2.16. The van der Waals surface area contributed by atoms with Crippen molar-refractivity contribution in [3.05, 3.63) is 95.7 Å². The number of ketones is 1. The van der Waals surface area contributed by atoms with Gasteiger partial charge in [0.1, 0.15) is 11.7 Å². The van der Waals surface area contributed by atoms with E-state index < -0.39 is 29.4 Å². The Bertz CT molecular complexity index is 1660. The van der Waals surface area contributed by atoms with Gasteiger partial charge >= 0.3 is 0 Å². The SMILES string of the molecule is CCC(F)(F)c1cccc(CC(=O)C2C(=O)N(c3ccc4ccn(C(=O)c5ccccc5O)c4c3)N=C2C)c1. The summed E-state index contributed by atoms with van der Waals surface area (Å²) in [5, 5.41) is 16.3. The Kier molecular flexibility index (Phi) is 6.59. The van der Waals surface area contributed by atoms with Gasteiger partial charge < -0.3 is 5.11 Å². The molecule has 0 fully saturated rings. The molecule has 1 unspecified atom stereocenters. The van der Waals surface area contributed by atoms with Crippen molar-refractivity contribution in [1.29, 1.82) is 0 Å². The van der Waals surface area contributed by atoms with E-state index >= 15 is 0 Å². The van der Waals surface area contributed by atoms with Gasteiger partial charge in [0, 0.05) is 30.0 Å². The van der Waals surface area contributed by atoms with E-state index in [1.807, 2.05) is 0 Å². The van der Waals surface area contributed by atoms with Gasteiger partial charge in [-0.15, -0.1) is 0 Å². The van der Waals surface area contributed by atoms with Crippen LogP contribution in [0.5, 0.6) is 5.75 Å². The van der Waals surface area contributed by atoms with Crippen molar-refractivity contribution in [3.8, 4) is 5.75 Å². The predicted molar refractivity (Wildman–Crippen MR) is 143 cm³/mol. The molecule has 1 aliphatic rings. The maximum absolute atomic E-state index is 14.1. The zero-order valence-corrected chi connectivity index (χ0v) is 21.3. The number of alkyl halides is 2. The van der Waals surface area contributed by atoms with Crippen LogP contribution >= 0.6 is 0 Å². The number of carbonyl (C=O) groups is 3. The highest BCUT2D eigenvalue weighted by Gasteiger charge is 2.39. The molecule has 9 heteroatoms. The highest BCUT2D eigenvalue weighted by molar-refractivity contribution is 6.27. The van der Waals surface area contributed by atoms with E-state index in [0.717, 1.165) is 10.4 Å². The highest BCUT2D eigenvalue weighted by Crippen LogP contribution is 2.33. The summed E-state index contributed by atoms with van der Waals surface area (Å²) < 4.78 is 29.7. The van der Waals surface area contributed by atoms with Crippen molar-refractivity contribution < 1.29 is 28.3 Å². The van der Waals surface area contributed by atoms with Crippen molar-refractivity contribution in [2.45, 2.75) is 32.6 Å². The number of phenolic OH excluding ortho intramolecular Hbond substituents is 1. The number of phenols is 1. The largest absolute Gasteiger partial charge is 0.507 e. The molecule has 39 heavy (non-hydrogen) atoms. The maximum Gasteiger partial charge on any atom is 0.273 e. The minimum atomic E-state index is -3.01. The van der Waals surface area contributed by atoms with Crippen molar-refractivity contribution in [3.63, 3.8) is 0 Å². The minimum absolute atomic E-state index is 0.123. The Morgan fingerprint density at radius 3 is 2.54 bits per heavy atom. The number of halogens is 2. The normalized spacial score (nSPS) is 15.6. The monoisotopic (exact) mass is 529 g/mol. The van der Waals surface area contributed by atoms with Gasteiger partial charge in [0.15, 0.2) is 5.78 Å². The van der Waals surface area contributed by atoms with Crippen LogP contribution in [0.1, 0.15) is 41.8 Å². The summed E-state index contributed by atoms with van der Waals surface area (Å²) >= 11 is 0. The average Bonchev–Trinajstić information content (AvgIpc) is 3.48. The van der Waals surface area contributed by atoms with Crippen LogP contribution in [0.3, 0.4) is 0 Å². The van der Waals surface area contributed by atoms with Crippen LogP contribution in [0.4, 0.5) is 14.5 Å². The molecule has 1 aliphatic heterocycles. The minimum Gasteiger partial charge on any atom is -0.507 e. The van der Waals surface area contributed by atoms with Crippen molar-refractivity contribution >= 4 is 39.9 Å². The number of anilines is 1. The molecular weight excluding hydrogens is 504 g/mol. The number of fused-ring (bicyclic) bond motifs is 1. The van der Waals surface area contributed by atoms with E-state index in [1.165, 1.54) is 41.8 Å². The molecule has 0 saturated carbocycles. The molecule has 0 aliphatic carbocycles. The molecule has 7 nitrogen and oxygen atoms in total. The fourth-order valence-electron chi connectivity index (χ4n) is 4.75. The number of nitrogens with zero attached hydrogens (tertiary/aromatic N) is 3. The number of hydrogen-bond donors (Lipinski definition) is 1. The second-order valence-electron chi connectivity index (χ2n) is 9.48. The Morgan fingerprint density at radius 2 is 1.79 bits per heavy atom. The number of para-hydroxylation sites is 1. The number of rotatable bonds is 7. The fraction of sp³-hybridized carbons (Fsp3) is 0.200. The number of hydrogen-bond acceptors (Lipinski definition) is 5. The van der Waals surface area contributed by atoms with Crippen molar-refractivity contribution in [2.24, 2.45) is 11.0 Å². The lowest BCUT2D eigenvalue weighted by atomic mass is 9.92. The molecule has 5 rings (SSSR count). The summed E-state index contributed by atoms with van der Waals surface area (Å²) in [6, 6.07) is 18.6. The van der Waals surface area contributed by atoms with E-state index in [9.17, 15) is 28.3 Å². The molecule has 4 aromatic rings. The molecule has 0 saturated heterocycles. The van der Waals surface area contributed by atoms with E-state index in [4.69, 9.17) is 0 Å². The Labute approximate surface area is 223 Å². The summed E-state index contributed by atoms with van der Waals surface area (Å²) in [5.41, 5.74) is 1.49. The topological polar surface area (TPSA) is 92.0 Å². The van der Waals surface area contributed by atoms with E-state index in [0.29, 0.717) is 22.5 Å². The summed E-state index contributed by atoms with van der Waals surface area (Å²) in [4.78, 5) is 39.6. The van der Waals surface area contributed by atoms with Gasteiger partial charge in [-0.1, -0.05) is 43.3 Å². The van der Waals surface area contributed by atoms with Crippen LogP contribution in [0.15, 0.2) is 84.1 Å². The van der Waals surface area contributed by atoms with E-state index in [2.05, 4.69) is 5.10 Å². The highest BCUT2D eigenvalue weighted by atomic mass is 19.3. The van der Waals surface area contributed by atoms with Gasteiger partial charge in [-0.3, -0.25) is 19.0 Å². The third-order valence-corrected chi connectivity index (χ3v) is 6.90. The molecule has 0 bridgehead atoms. The van der Waals surface area contributed by atoms with Gasteiger partial charge in [-0.05, 0) is 48.9 Å². The van der Waals surface area contributed by atoms with Gasteiger partial charge in [-0.2, -0.15) is 10.1 Å². The van der Waals surface area contributed by atoms with Crippen molar-refractivity contribution in [1.82, 2.24) is 4.57 Å². The number of Topliss-reactive ketones (excluding diaryl/α,β-unsaturated/α-hetero) is 1. The van der Waals surface area contributed by atoms with Gasteiger partial charge in [-0.25, -0.2) is 8.78 Å². The van der Waals surface area contributed by atoms with Crippen molar-refractivity contribution in [2.75, 3.05) is 5.01 Å². The van der Waals surface area contributed by atoms with Crippen LogP contribution in [0.25, 0.3) is 10.9 Å². The first-order valence-electron chi connectivity index (χ1n) is 12.4. The lowest BCUT2D eigenvalue weighted by Crippen LogP contribution is -2.33. The third-order valence-electron chi connectivity index (χ3n) is 6.90. The van der Waals surface area contributed by atoms with Gasteiger partial charge in [0.2, 0.25) is 0 Å². The molecule has 198 valence electrons. The average molecular weight is 530 g/mol. The lowest BCUT2D eigenvalue weighted by molar-refractivity contribution is -0.128. The zero-order valence-electron chi connectivity index (χ0n) is 21.3. The second-order valence-corrected chi connectivity index (χ2v) is 9.48. The van der Waals surface area contributed by atoms with Crippen LogP contribution in [-0.2, 0) is 21.9 Å². The number of benzene rings is 3. The quantitative estimate of drug-likeness (QED) is 0.312. The van der Waals surface area contributed by atoms with E-state index in [-0.39, 0.29) is 29.7 Å². The standard InChI is InChI=1S/C30H25F2N3O4/c1-3-30(31,32)21-8-6-7-19(15-21)16-26(37)27-18(2)33-35(29(27)39)22-12-11-20-13-14-34(24(20)17-22)28(38)23-9-4-5-10-25(23)36/h4-15,17,27,36H,3,16H2,1-2H3. The number of aromatic nitrogens is 1. The van der Waals surface area contributed by atoms with Crippen LogP contribution in [-0.4, -0.2) is 33.0 Å². The molecule has 0 spiro atoms. The van der Waals surface area contributed by atoms with Crippen LogP contribution < -0.4 is 5.01 Å². The van der Waals surface area contributed by atoms with Gasteiger partial charge in [0.05, 0.1) is 22.5 Å². The number of amides is 1. The zero-order chi connectivity index (χ0) is 27.9. The molecular formula is C30H25F2N3O4. The Morgan fingerprint density at radius 1 is 1.03 bits per heavy atom. The molecule has 1 N–H and O–H groups in total. The summed E-state index contributed by atoms with van der Waals surface area (Å²) in [5.74, 6) is -5.76. The Hall–Kier alpha value is -4.66. The van der Waals surface area contributed by atoms with E-state index in [1.54, 1.807) is 55.6 Å². The summed E-state index contributed by atoms with van der Waals surface area (Å²) in [7, 11) is 0. The smallest absolute Gasteiger partial charge is 0.273 e. The predicted octanol–water partition coefficient (Wildman–Crippen LogP) is 5.69. The second kappa shape index (κ2) is 9.90. The van der Waals surface area contributed by atoms with Gasteiger partial charge in [0.25, 0.3) is 17.7 Å². The first-order chi connectivity index (χ1) is 18.6. The molecule has 2 heterocycles. The molecule has 0 radical (unpaired) electrons. The molecule has 3 aromatic carbocycles. The number of aromatic hydroxyl groups is 1.